The number of nitrogens with zero attached hydrogens (tertiary/aromatic N) is 1. The lowest BCUT2D eigenvalue weighted by atomic mass is 10.1. The lowest BCUT2D eigenvalue weighted by molar-refractivity contribution is -0.870. The fraction of sp³-hybridized carbons (Fsp3) is 0.762. The van der Waals surface area contributed by atoms with Crippen LogP contribution in [0.4, 0.5) is 0 Å². The summed E-state index contributed by atoms with van der Waals surface area (Å²) in [7, 11) is 1.45. The maximum absolute atomic E-state index is 12.6. The number of carbonyl (C=O) groups is 2. The zero-order valence-electron chi connectivity index (χ0n) is 33.8. The number of allylic oxidation sites excluding steroid dienone is 8. The van der Waals surface area contributed by atoms with Gasteiger partial charge in [0.25, 0.3) is 0 Å². The first kappa shape index (κ1) is 50.0. The van der Waals surface area contributed by atoms with Gasteiger partial charge in [0.1, 0.15) is 19.8 Å². The van der Waals surface area contributed by atoms with Crippen molar-refractivity contribution in [2.24, 2.45) is 0 Å². The molecule has 0 aromatic carbocycles. The number of likely N-dealkylation sites (N-methyl/N-ethyl adjacent to an activating group) is 1. The number of hydrogen-bond acceptors (Lipinski definition) is 7. The summed E-state index contributed by atoms with van der Waals surface area (Å²) in [5, 5.41) is 0. The average molecular weight is 755 g/mol. The molecule has 0 aromatic heterocycles. The number of hydrogen-bond donors (Lipinski definition) is 1. The van der Waals surface area contributed by atoms with Crippen molar-refractivity contribution in [1.82, 2.24) is 0 Å². The second-order valence-corrected chi connectivity index (χ2v) is 16.1. The van der Waals surface area contributed by atoms with Gasteiger partial charge in [-0.25, -0.2) is 4.57 Å². The van der Waals surface area contributed by atoms with Crippen LogP contribution in [0, 0.1) is 0 Å². The quantitative estimate of drug-likeness (QED) is 0.0221. The molecule has 0 fully saturated rings. The fourth-order valence-corrected chi connectivity index (χ4v) is 5.92. The van der Waals surface area contributed by atoms with Crippen molar-refractivity contribution in [3.63, 3.8) is 0 Å². The molecular weight excluding hydrogens is 677 g/mol. The molecule has 2 atom stereocenters. The molecule has 0 aliphatic carbocycles. The van der Waals surface area contributed by atoms with Crippen molar-refractivity contribution < 1.29 is 42.1 Å². The normalized spacial score (nSPS) is 14.2. The molecule has 0 saturated heterocycles. The van der Waals surface area contributed by atoms with Crippen molar-refractivity contribution in [2.45, 2.75) is 161 Å². The lowest BCUT2D eigenvalue weighted by Gasteiger charge is -2.24. The third kappa shape index (κ3) is 37.7. The van der Waals surface area contributed by atoms with E-state index in [0.717, 1.165) is 70.6 Å². The van der Waals surface area contributed by atoms with Crippen LogP contribution < -0.4 is 0 Å². The van der Waals surface area contributed by atoms with Crippen LogP contribution in [0.25, 0.3) is 0 Å². The zero-order valence-corrected chi connectivity index (χ0v) is 34.7. The van der Waals surface area contributed by atoms with E-state index in [1.165, 1.54) is 51.4 Å². The standard InChI is InChI=1S/C42H76NO8P/c1-6-8-10-12-14-16-18-19-20-21-22-23-25-27-29-31-33-35-42(45)51-40(39-50-52(46,47)49-37-36-43(3,4)5)38-48-41(44)34-32-30-28-26-24-17-15-13-11-9-7-2/h8,10,14,16,19-20,22-23,40H,6-7,9,11-13,15,17-18,21,24-39H2,1-5H3/p+1/b10-8-,16-14-,20-19-,23-22-. The molecule has 10 heteroatoms. The molecule has 0 spiro atoms. The lowest BCUT2D eigenvalue weighted by Crippen LogP contribution is -2.37. The average Bonchev–Trinajstić information content (AvgIpc) is 3.09. The summed E-state index contributed by atoms with van der Waals surface area (Å²) in [4.78, 5) is 35.2. The highest BCUT2D eigenvalue weighted by molar-refractivity contribution is 7.47. The Hall–Kier alpha value is -2.03. The van der Waals surface area contributed by atoms with E-state index < -0.39 is 26.5 Å². The van der Waals surface area contributed by atoms with Gasteiger partial charge in [0.15, 0.2) is 6.10 Å². The number of phosphoric acid groups is 1. The van der Waals surface area contributed by atoms with Crippen LogP contribution in [-0.4, -0.2) is 74.9 Å². The van der Waals surface area contributed by atoms with Gasteiger partial charge in [0.05, 0.1) is 27.7 Å². The minimum atomic E-state index is -4.38. The van der Waals surface area contributed by atoms with E-state index in [2.05, 4.69) is 62.5 Å². The zero-order chi connectivity index (χ0) is 38.6. The minimum absolute atomic E-state index is 0.0258. The molecule has 0 bridgehead atoms. The van der Waals surface area contributed by atoms with Crippen molar-refractivity contribution in [3.05, 3.63) is 48.6 Å². The summed E-state index contributed by atoms with van der Waals surface area (Å²) >= 11 is 0. The highest BCUT2D eigenvalue weighted by Gasteiger charge is 2.27. The van der Waals surface area contributed by atoms with Crippen molar-refractivity contribution in [2.75, 3.05) is 47.5 Å². The summed E-state index contributed by atoms with van der Waals surface area (Å²) in [6.07, 6.45) is 38.7. The van der Waals surface area contributed by atoms with E-state index in [-0.39, 0.29) is 32.0 Å². The van der Waals surface area contributed by atoms with E-state index in [1.54, 1.807) is 0 Å². The van der Waals surface area contributed by atoms with Gasteiger partial charge in [-0.2, -0.15) is 0 Å². The van der Waals surface area contributed by atoms with Crippen LogP contribution >= 0.6 is 7.82 Å². The molecule has 2 unspecified atom stereocenters. The Bertz CT molecular complexity index is 1030. The molecule has 0 aliphatic heterocycles. The molecular formula is C42H77NO8P+. The van der Waals surface area contributed by atoms with Crippen LogP contribution in [0.2, 0.25) is 0 Å². The van der Waals surface area contributed by atoms with Gasteiger partial charge in [-0.15, -0.1) is 0 Å². The van der Waals surface area contributed by atoms with Crippen LogP contribution in [-0.2, 0) is 32.7 Å². The monoisotopic (exact) mass is 755 g/mol. The molecule has 0 rings (SSSR count). The van der Waals surface area contributed by atoms with Gasteiger partial charge in [-0.1, -0.05) is 140 Å². The summed E-state index contributed by atoms with van der Waals surface area (Å²) in [5.74, 6) is -0.829. The summed E-state index contributed by atoms with van der Waals surface area (Å²) < 4.78 is 34.2. The smallest absolute Gasteiger partial charge is 0.462 e. The molecule has 302 valence electrons. The molecule has 9 nitrogen and oxygen atoms in total. The van der Waals surface area contributed by atoms with E-state index in [9.17, 15) is 19.0 Å². The van der Waals surface area contributed by atoms with E-state index in [4.69, 9.17) is 18.5 Å². The van der Waals surface area contributed by atoms with Gasteiger partial charge < -0.3 is 18.9 Å². The van der Waals surface area contributed by atoms with Crippen molar-refractivity contribution >= 4 is 19.8 Å². The number of quaternary nitrogens is 1. The largest absolute Gasteiger partial charge is 0.472 e. The number of unbranched alkanes of at least 4 members (excludes halogenated alkanes) is 14. The van der Waals surface area contributed by atoms with E-state index in [0.29, 0.717) is 17.4 Å². The topological polar surface area (TPSA) is 108 Å². The van der Waals surface area contributed by atoms with Crippen LogP contribution in [0.3, 0.4) is 0 Å². The first-order valence-corrected chi connectivity index (χ1v) is 21.9. The van der Waals surface area contributed by atoms with Crippen LogP contribution in [0.5, 0.6) is 0 Å². The van der Waals surface area contributed by atoms with Gasteiger partial charge in [-0.05, 0) is 51.4 Å². The number of rotatable bonds is 36. The maximum Gasteiger partial charge on any atom is 0.472 e. The second kappa shape index (κ2) is 34.7. The SMILES string of the molecule is CC/C=C\C/C=C\C/C=C\C/C=C\CCCCCCC(=O)OC(COC(=O)CCCCCCCCCCCCC)COP(=O)(O)OCC[N+](C)(C)C. The number of esters is 2. The van der Waals surface area contributed by atoms with E-state index >= 15 is 0 Å². The number of phosphoric ester groups is 1. The van der Waals surface area contributed by atoms with Gasteiger partial charge >= 0.3 is 19.8 Å². The molecule has 0 amide bonds. The molecule has 1 N–H and O–H groups in total. The third-order valence-corrected chi connectivity index (χ3v) is 9.36. The third-order valence-electron chi connectivity index (χ3n) is 8.37. The van der Waals surface area contributed by atoms with E-state index in [1.807, 2.05) is 21.1 Å². The Morgan fingerprint density at radius 1 is 0.615 bits per heavy atom. The Balaban J connectivity index is 4.45. The van der Waals surface area contributed by atoms with Crippen LogP contribution in [0.1, 0.15) is 155 Å². The van der Waals surface area contributed by atoms with Crippen molar-refractivity contribution in [3.8, 4) is 0 Å². The molecule has 0 heterocycles. The number of ether oxygens (including phenoxy) is 2. The summed E-state index contributed by atoms with van der Waals surface area (Å²) in [6.45, 7) is 4.25. The van der Waals surface area contributed by atoms with Gasteiger partial charge in [-0.3, -0.25) is 18.6 Å². The highest BCUT2D eigenvalue weighted by atomic mass is 31.2. The highest BCUT2D eigenvalue weighted by Crippen LogP contribution is 2.43. The predicted molar refractivity (Wildman–Crippen MR) is 215 cm³/mol. The Morgan fingerprint density at radius 2 is 1.10 bits per heavy atom. The Morgan fingerprint density at radius 3 is 1.63 bits per heavy atom. The second-order valence-electron chi connectivity index (χ2n) is 14.6. The molecule has 0 saturated carbocycles. The Kier molecular flexibility index (Phi) is 33.4. The minimum Gasteiger partial charge on any atom is -0.462 e. The maximum atomic E-state index is 12.6. The number of carbonyl (C=O) groups excluding carboxylic acids is 2. The molecule has 0 aliphatic rings. The molecule has 0 aromatic rings. The van der Waals surface area contributed by atoms with Crippen molar-refractivity contribution in [1.29, 1.82) is 0 Å². The summed E-state index contributed by atoms with van der Waals surface area (Å²) in [6, 6.07) is 0. The van der Waals surface area contributed by atoms with Gasteiger partial charge in [0.2, 0.25) is 0 Å². The Labute approximate surface area is 318 Å². The first-order valence-electron chi connectivity index (χ1n) is 20.4. The fourth-order valence-electron chi connectivity index (χ4n) is 5.18. The summed E-state index contributed by atoms with van der Waals surface area (Å²) in [5.41, 5.74) is 0. The molecule has 0 radical (unpaired) electrons. The molecule has 52 heavy (non-hydrogen) atoms. The predicted octanol–water partition coefficient (Wildman–Crippen LogP) is 11.1. The van der Waals surface area contributed by atoms with Crippen LogP contribution in [0.15, 0.2) is 48.6 Å². The van der Waals surface area contributed by atoms with Gasteiger partial charge in [0, 0.05) is 12.8 Å². The first-order chi connectivity index (χ1) is 25.0.